The quantitative estimate of drug-likeness (QED) is 0.151. The van der Waals surface area contributed by atoms with Gasteiger partial charge in [0, 0.05) is 28.4 Å². The van der Waals surface area contributed by atoms with Crippen LogP contribution in [0, 0.1) is 0 Å². The summed E-state index contributed by atoms with van der Waals surface area (Å²) in [4.78, 5) is 2.53. The molecule has 2 atom stereocenters. The number of para-hydroxylation sites is 2. The molecule has 0 spiro atoms. The van der Waals surface area contributed by atoms with Crippen LogP contribution in [-0.4, -0.2) is 10.6 Å². The summed E-state index contributed by atoms with van der Waals surface area (Å²) in [5, 5.41) is 1.30. The molecule has 54 heavy (non-hydrogen) atoms. The molecular weight excluding hydrogens is 653 g/mol. The largest absolute Gasteiger partial charge is 0.333 e. The second-order valence-electron chi connectivity index (χ2n) is 14.2. The Kier molecular flexibility index (Phi) is 7.63. The fraction of sp³-hybridized carbons (Fsp3) is 0.0385. The van der Waals surface area contributed by atoms with Gasteiger partial charge in [0.25, 0.3) is 0 Å². The van der Waals surface area contributed by atoms with Gasteiger partial charge in [-0.3, -0.25) is 0 Å². The Balaban J connectivity index is 1.05. The number of aromatic nitrogens is 1. The number of hydrogen-bond donors (Lipinski definition) is 0. The molecule has 10 rings (SSSR count). The number of anilines is 2. The number of fused-ring (bicyclic) bond motifs is 7. The van der Waals surface area contributed by atoms with Gasteiger partial charge in [0.2, 0.25) is 0 Å². The summed E-state index contributed by atoms with van der Waals surface area (Å²) < 4.78 is 2.46. The van der Waals surface area contributed by atoms with Crippen molar-refractivity contribution in [1.29, 1.82) is 0 Å². The van der Waals surface area contributed by atoms with Crippen LogP contribution >= 0.6 is 0 Å². The van der Waals surface area contributed by atoms with Crippen LogP contribution in [0.5, 0.6) is 0 Å². The number of rotatable bonds is 7. The minimum atomic E-state index is 0.149. The summed E-state index contributed by atoms with van der Waals surface area (Å²) >= 11 is 0. The van der Waals surface area contributed by atoms with Gasteiger partial charge in [-0.15, -0.1) is 0 Å². The molecule has 2 nitrogen and oxygen atoms in total. The van der Waals surface area contributed by atoms with Crippen LogP contribution in [0.25, 0.3) is 61.6 Å². The fourth-order valence-corrected chi connectivity index (χ4v) is 8.77. The summed E-state index contributed by atoms with van der Waals surface area (Å²) in [5.41, 5.74) is 18.1. The molecule has 2 aliphatic rings. The Morgan fingerprint density at radius 2 is 1.19 bits per heavy atom. The van der Waals surface area contributed by atoms with Crippen LogP contribution in [-0.2, 0) is 0 Å². The molecule has 2 heterocycles. The smallest absolute Gasteiger partial charge is 0.0637 e. The average Bonchev–Trinajstić information content (AvgIpc) is 3.77. The zero-order valence-electron chi connectivity index (χ0n) is 29.9. The number of hydrogen-bond acceptors (Lipinski definition) is 1. The Morgan fingerprint density at radius 1 is 0.556 bits per heavy atom. The van der Waals surface area contributed by atoms with E-state index in [-0.39, 0.29) is 12.0 Å². The lowest BCUT2D eigenvalue weighted by Gasteiger charge is -2.31. The first kappa shape index (κ1) is 31.8. The van der Waals surface area contributed by atoms with E-state index in [4.69, 9.17) is 0 Å². The monoisotopic (exact) mass is 690 g/mol. The fourth-order valence-electron chi connectivity index (χ4n) is 8.77. The van der Waals surface area contributed by atoms with Crippen LogP contribution in [0.3, 0.4) is 0 Å². The number of benzene rings is 7. The molecular formula is C52H38N2. The Labute approximate surface area is 316 Å². The average molecular weight is 691 g/mol. The lowest BCUT2D eigenvalue weighted by molar-refractivity contribution is 0.725. The molecule has 8 aromatic rings. The van der Waals surface area contributed by atoms with E-state index in [1.54, 1.807) is 0 Å². The van der Waals surface area contributed by atoms with Gasteiger partial charge in [-0.2, -0.15) is 0 Å². The second kappa shape index (κ2) is 12.9. The standard InChI is InChI=1S/C52H38N2/c1-3-35(2)39-16-13-17-40(34-39)36-24-28-41(29-25-36)53-47-22-11-9-20-45(47)51-49(53)32-33-50-52(51)46-21-10-12-23-48(46)54(50)42-30-26-38(27-31-42)44-19-8-7-18-43(44)37-14-5-4-6-15-37/h3-34,49,51H,1-2H2. The van der Waals surface area contributed by atoms with Crippen molar-refractivity contribution < 1.29 is 0 Å². The van der Waals surface area contributed by atoms with Gasteiger partial charge >= 0.3 is 0 Å². The molecule has 0 bridgehead atoms. The van der Waals surface area contributed by atoms with Gasteiger partial charge in [0.05, 0.1) is 17.3 Å². The van der Waals surface area contributed by atoms with Crippen molar-refractivity contribution in [2.75, 3.05) is 4.90 Å². The van der Waals surface area contributed by atoms with Crippen LogP contribution < -0.4 is 4.90 Å². The van der Waals surface area contributed by atoms with Gasteiger partial charge in [0.15, 0.2) is 0 Å². The minimum absolute atomic E-state index is 0.149. The SMILES string of the molecule is C=CC(=C)c1cccc(-c2ccc(N3c4ccccc4C4c5c(n(-c6ccc(-c7ccccc7-c7ccccc7)cc6)c6ccccc56)C=CC43)cc2)c1. The molecule has 0 N–H and O–H groups in total. The summed E-state index contributed by atoms with van der Waals surface area (Å²) in [6.45, 7) is 8.06. The highest BCUT2D eigenvalue weighted by Gasteiger charge is 2.43. The van der Waals surface area contributed by atoms with E-state index in [9.17, 15) is 0 Å². The van der Waals surface area contributed by atoms with Crippen molar-refractivity contribution in [2.45, 2.75) is 12.0 Å². The predicted molar refractivity (Wildman–Crippen MR) is 229 cm³/mol. The van der Waals surface area contributed by atoms with E-state index in [1.165, 1.54) is 72.5 Å². The third kappa shape index (κ3) is 5.10. The molecule has 0 saturated heterocycles. The van der Waals surface area contributed by atoms with E-state index >= 15 is 0 Å². The molecule has 2 unspecified atom stereocenters. The molecule has 2 heteroatoms. The zero-order chi connectivity index (χ0) is 36.2. The number of allylic oxidation sites excluding steroid dienone is 2. The molecule has 1 aromatic heterocycles. The summed E-state index contributed by atoms with van der Waals surface area (Å²) in [6.07, 6.45) is 6.60. The normalized spacial score (nSPS) is 15.4. The van der Waals surface area contributed by atoms with E-state index < -0.39 is 0 Å². The first-order valence-corrected chi connectivity index (χ1v) is 18.6. The van der Waals surface area contributed by atoms with Crippen molar-refractivity contribution >= 4 is 33.9 Å². The molecule has 7 aromatic carbocycles. The van der Waals surface area contributed by atoms with Gasteiger partial charge in [0.1, 0.15) is 0 Å². The minimum Gasteiger partial charge on any atom is -0.333 e. The van der Waals surface area contributed by atoms with Crippen LogP contribution in [0.1, 0.15) is 28.3 Å². The highest BCUT2D eigenvalue weighted by molar-refractivity contribution is 5.95. The maximum atomic E-state index is 4.15. The Hall–Kier alpha value is -6.90. The van der Waals surface area contributed by atoms with Gasteiger partial charge in [-0.05, 0) is 104 Å². The first-order chi connectivity index (χ1) is 26.7. The van der Waals surface area contributed by atoms with E-state index in [0.29, 0.717) is 0 Å². The van der Waals surface area contributed by atoms with E-state index in [0.717, 1.165) is 16.8 Å². The third-order valence-electron chi connectivity index (χ3n) is 11.3. The molecule has 256 valence electrons. The van der Waals surface area contributed by atoms with Crippen molar-refractivity contribution in [3.63, 3.8) is 0 Å². The van der Waals surface area contributed by atoms with Crippen molar-refractivity contribution in [3.05, 3.63) is 224 Å². The molecule has 0 fully saturated rings. The topological polar surface area (TPSA) is 8.17 Å². The third-order valence-corrected chi connectivity index (χ3v) is 11.3. The van der Waals surface area contributed by atoms with Gasteiger partial charge < -0.3 is 9.47 Å². The first-order valence-electron chi connectivity index (χ1n) is 18.6. The van der Waals surface area contributed by atoms with E-state index in [2.05, 4.69) is 211 Å². The molecule has 0 radical (unpaired) electrons. The Bertz CT molecular complexity index is 2750. The maximum absolute atomic E-state index is 4.15. The summed E-state index contributed by atoms with van der Waals surface area (Å²) in [6, 6.07) is 64.1. The molecule has 1 aliphatic carbocycles. The lowest BCUT2D eigenvalue weighted by atomic mass is 9.82. The van der Waals surface area contributed by atoms with Gasteiger partial charge in [-0.1, -0.05) is 159 Å². The number of nitrogens with zero attached hydrogens (tertiary/aromatic N) is 2. The van der Waals surface area contributed by atoms with E-state index in [1.807, 2.05) is 6.08 Å². The van der Waals surface area contributed by atoms with Crippen LogP contribution in [0.4, 0.5) is 11.4 Å². The maximum Gasteiger partial charge on any atom is 0.0637 e. The van der Waals surface area contributed by atoms with Crippen molar-refractivity contribution in [2.24, 2.45) is 0 Å². The summed E-state index contributed by atoms with van der Waals surface area (Å²) in [7, 11) is 0. The lowest BCUT2D eigenvalue weighted by Crippen LogP contribution is -2.30. The Morgan fingerprint density at radius 3 is 1.96 bits per heavy atom. The molecule has 1 aliphatic heterocycles. The van der Waals surface area contributed by atoms with Crippen LogP contribution in [0.2, 0.25) is 0 Å². The van der Waals surface area contributed by atoms with Crippen molar-refractivity contribution in [1.82, 2.24) is 4.57 Å². The van der Waals surface area contributed by atoms with Gasteiger partial charge in [-0.25, -0.2) is 0 Å². The van der Waals surface area contributed by atoms with Crippen molar-refractivity contribution in [3.8, 4) is 39.1 Å². The molecule has 0 amide bonds. The highest BCUT2D eigenvalue weighted by atomic mass is 15.2. The predicted octanol–water partition coefficient (Wildman–Crippen LogP) is 13.5. The van der Waals surface area contributed by atoms with Crippen LogP contribution in [0.15, 0.2) is 201 Å². The highest BCUT2D eigenvalue weighted by Crippen LogP contribution is 2.54. The summed E-state index contributed by atoms with van der Waals surface area (Å²) in [5.74, 6) is 0.186. The zero-order valence-corrected chi connectivity index (χ0v) is 29.9. The molecule has 0 saturated carbocycles. The second-order valence-corrected chi connectivity index (χ2v) is 14.2.